The van der Waals surface area contributed by atoms with E-state index in [1.807, 2.05) is 6.92 Å². The number of nitrogens with one attached hydrogen (secondary N) is 1. The molecule has 0 amide bonds. The molecule has 3 N–H and O–H groups in total. The summed E-state index contributed by atoms with van der Waals surface area (Å²) in [5, 5.41) is 7.05. The quantitative estimate of drug-likeness (QED) is 0.801. The lowest BCUT2D eigenvalue weighted by atomic mass is 9.82. The van der Waals surface area contributed by atoms with Crippen molar-refractivity contribution >= 4 is 0 Å². The molecule has 1 aromatic rings. The first kappa shape index (κ1) is 11.5. The monoisotopic (exact) mass is 224 g/mol. The molecular weight excluding hydrogens is 204 g/mol. The van der Waals surface area contributed by atoms with Crippen molar-refractivity contribution in [1.29, 1.82) is 0 Å². The van der Waals surface area contributed by atoms with Gasteiger partial charge >= 0.3 is 0 Å². The zero-order valence-electron chi connectivity index (χ0n) is 9.83. The first-order chi connectivity index (χ1) is 7.68. The van der Waals surface area contributed by atoms with E-state index in [2.05, 4.69) is 15.5 Å². The molecule has 0 aliphatic heterocycles. The van der Waals surface area contributed by atoms with Gasteiger partial charge in [0.2, 0.25) is 5.89 Å². The molecule has 0 spiro atoms. The third-order valence-corrected chi connectivity index (χ3v) is 3.17. The van der Waals surface area contributed by atoms with Crippen LogP contribution >= 0.6 is 0 Å². The van der Waals surface area contributed by atoms with Crippen molar-refractivity contribution in [2.24, 2.45) is 5.73 Å². The second-order valence-electron chi connectivity index (χ2n) is 4.76. The highest BCUT2D eigenvalue weighted by Gasteiger charge is 2.26. The molecule has 5 nitrogen and oxygen atoms in total. The van der Waals surface area contributed by atoms with E-state index in [1.165, 1.54) is 19.3 Å². The smallest absolute Gasteiger partial charge is 0.240 e. The normalized spacial score (nSPS) is 19.9. The average Bonchev–Trinajstić information content (AvgIpc) is 2.65. The van der Waals surface area contributed by atoms with E-state index in [4.69, 9.17) is 10.3 Å². The van der Waals surface area contributed by atoms with Crippen molar-refractivity contribution in [3.63, 3.8) is 0 Å². The zero-order chi connectivity index (χ0) is 11.4. The van der Waals surface area contributed by atoms with Crippen LogP contribution in [0.15, 0.2) is 4.52 Å². The van der Waals surface area contributed by atoms with Crippen molar-refractivity contribution in [3.8, 4) is 0 Å². The summed E-state index contributed by atoms with van der Waals surface area (Å²) in [5.74, 6) is 1.31. The van der Waals surface area contributed by atoms with Crippen LogP contribution in [0.4, 0.5) is 0 Å². The highest BCUT2D eigenvalue weighted by atomic mass is 16.5. The van der Waals surface area contributed by atoms with Gasteiger partial charge in [0.25, 0.3) is 0 Å². The largest absolute Gasteiger partial charge is 0.338 e. The number of hydrogen-bond donors (Lipinski definition) is 2. The average molecular weight is 224 g/mol. The summed E-state index contributed by atoms with van der Waals surface area (Å²) >= 11 is 0. The molecule has 0 saturated heterocycles. The van der Waals surface area contributed by atoms with Gasteiger partial charge in [-0.05, 0) is 19.8 Å². The standard InChI is InChI=1S/C11H20N4O/c1-9-14-10(16-15-9)7-13-8-11(12)5-3-2-4-6-11/h13H,2-8,12H2,1H3. The minimum Gasteiger partial charge on any atom is -0.338 e. The highest BCUT2D eigenvalue weighted by Crippen LogP contribution is 2.25. The third-order valence-electron chi connectivity index (χ3n) is 3.17. The van der Waals surface area contributed by atoms with E-state index >= 15 is 0 Å². The second kappa shape index (κ2) is 4.93. The van der Waals surface area contributed by atoms with Crippen LogP contribution < -0.4 is 11.1 Å². The van der Waals surface area contributed by atoms with Gasteiger partial charge in [-0.2, -0.15) is 4.98 Å². The van der Waals surface area contributed by atoms with Gasteiger partial charge in [0, 0.05) is 12.1 Å². The van der Waals surface area contributed by atoms with E-state index in [0.717, 1.165) is 19.4 Å². The second-order valence-corrected chi connectivity index (χ2v) is 4.76. The lowest BCUT2D eigenvalue weighted by molar-refractivity contribution is 0.276. The Morgan fingerprint density at radius 3 is 2.75 bits per heavy atom. The van der Waals surface area contributed by atoms with Gasteiger partial charge in [-0.1, -0.05) is 24.4 Å². The number of nitrogens with two attached hydrogens (primary N) is 1. The molecule has 0 unspecified atom stereocenters. The molecule has 0 aromatic carbocycles. The van der Waals surface area contributed by atoms with Gasteiger partial charge in [-0.15, -0.1) is 0 Å². The molecule has 1 aliphatic carbocycles. The molecule has 16 heavy (non-hydrogen) atoms. The molecule has 1 aliphatic rings. The molecule has 1 fully saturated rings. The Balaban J connectivity index is 1.74. The molecule has 5 heteroatoms. The summed E-state index contributed by atoms with van der Waals surface area (Å²) in [7, 11) is 0. The Labute approximate surface area is 95.8 Å². The lowest BCUT2D eigenvalue weighted by Crippen LogP contribution is -2.49. The number of rotatable bonds is 4. The molecule has 90 valence electrons. The molecule has 0 radical (unpaired) electrons. The minimum absolute atomic E-state index is 0.0344. The van der Waals surface area contributed by atoms with Crippen LogP contribution in [0.5, 0.6) is 0 Å². The summed E-state index contributed by atoms with van der Waals surface area (Å²) in [6, 6.07) is 0. The maximum Gasteiger partial charge on any atom is 0.240 e. The van der Waals surface area contributed by atoms with E-state index in [0.29, 0.717) is 18.3 Å². The lowest BCUT2D eigenvalue weighted by Gasteiger charge is -2.33. The van der Waals surface area contributed by atoms with Crippen LogP contribution in [0.1, 0.15) is 43.8 Å². The maximum atomic E-state index is 6.30. The topological polar surface area (TPSA) is 77.0 Å². The first-order valence-corrected chi connectivity index (χ1v) is 5.97. The molecular formula is C11H20N4O. The van der Waals surface area contributed by atoms with Crippen molar-refractivity contribution < 1.29 is 4.52 Å². The van der Waals surface area contributed by atoms with E-state index < -0.39 is 0 Å². The summed E-state index contributed by atoms with van der Waals surface area (Å²) in [4.78, 5) is 4.13. The Hall–Kier alpha value is -0.940. The Bertz CT molecular complexity index is 330. The zero-order valence-corrected chi connectivity index (χ0v) is 9.83. The Morgan fingerprint density at radius 2 is 2.12 bits per heavy atom. The predicted molar refractivity (Wildman–Crippen MR) is 60.7 cm³/mol. The van der Waals surface area contributed by atoms with Crippen LogP contribution in [0.25, 0.3) is 0 Å². The number of hydrogen-bond acceptors (Lipinski definition) is 5. The van der Waals surface area contributed by atoms with Gasteiger partial charge in [-0.25, -0.2) is 0 Å². The summed E-state index contributed by atoms with van der Waals surface area (Å²) < 4.78 is 5.02. The summed E-state index contributed by atoms with van der Waals surface area (Å²) in [5.41, 5.74) is 6.26. The molecule has 1 heterocycles. The van der Waals surface area contributed by atoms with E-state index in [-0.39, 0.29) is 5.54 Å². The number of nitrogens with zero attached hydrogens (tertiary/aromatic N) is 2. The van der Waals surface area contributed by atoms with E-state index in [9.17, 15) is 0 Å². The fourth-order valence-corrected chi connectivity index (χ4v) is 2.26. The number of aryl methyl sites for hydroxylation is 1. The summed E-state index contributed by atoms with van der Waals surface area (Å²) in [6.45, 7) is 3.26. The van der Waals surface area contributed by atoms with Gasteiger partial charge in [0.05, 0.1) is 6.54 Å². The van der Waals surface area contributed by atoms with E-state index in [1.54, 1.807) is 0 Å². The number of aromatic nitrogens is 2. The molecule has 1 aromatic heterocycles. The highest BCUT2D eigenvalue weighted by molar-refractivity contribution is 4.90. The molecule has 0 bridgehead atoms. The third kappa shape index (κ3) is 3.02. The van der Waals surface area contributed by atoms with Crippen LogP contribution in [0, 0.1) is 6.92 Å². The SMILES string of the molecule is Cc1noc(CNCC2(N)CCCCC2)n1. The van der Waals surface area contributed by atoms with Gasteiger partial charge in [0.15, 0.2) is 5.82 Å². The van der Waals surface area contributed by atoms with Gasteiger partial charge < -0.3 is 15.6 Å². The fraction of sp³-hybridized carbons (Fsp3) is 0.818. The fourth-order valence-electron chi connectivity index (χ4n) is 2.26. The predicted octanol–water partition coefficient (Wildman–Crippen LogP) is 1.13. The van der Waals surface area contributed by atoms with Gasteiger partial charge in [0.1, 0.15) is 0 Å². The molecule has 1 saturated carbocycles. The van der Waals surface area contributed by atoms with Gasteiger partial charge in [-0.3, -0.25) is 0 Å². The maximum absolute atomic E-state index is 6.30. The van der Waals surface area contributed by atoms with Crippen LogP contribution in [-0.4, -0.2) is 22.2 Å². The van der Waals surface area contributed by atoms with Crippen LogP contribution in [-0.2, 0) is 6.54 Å². The first-order valence-electron chi connectivity index (χ1n) is 5.97. The molecule has 0 atom stereocenters. The van der Waals surface area contributed by atoms with Crippen LogP contribution in [0.2, 0.25) is 0 Å². The Kier molecular flexibility index (Phi) is 3.56. The van der Waals surface area contributed by atoms with Crippen molar-refractivity contribution in [2.75, 3.05) is 6.54 Å². The van der Waals surface area contributed by atoms with Crippen molar-refractivity contribution in [1.82, 2.24) is 15.5 Å². The van der Waals surface area contributed by atoms with Crippen molar-refractivity contribution in [2.45, 2.75) is 51.1 Å². The minimum atomic E-state index is -0.0344. The van der Waals surface area contributed by atoms with Crippen molar-refractivity contribution in [3.05, 3.63) is 11.7 Å². The Morgan fingerprint density at radius 1 is 1.38 bits per heavy atom. The summed E-state index contributed by atoms with van der Waals surface area (Å²) in [6.07, 6.45) is 6.04. The molecule has 2 rings (SSSR count). The van der Waals surface area contributed by atoms with Crippen LogP contribution in [0.3, 0.4) is 0 Å².